The minimum Gasteiger partial charge on any atom is -0.367 e. The summed E-state index contributed by atoms with van der Waals surface area (Å²) in [4.78, 5) is 6.50. The van der Waals surface area contributed by atoms with Gasteiger partial charge in [-0.15, -0.1) is 11.8 Å². The molecule has 12 heavy (non-hydrogen) atoms. The quantitative estimate of drug-likeness (QED) is 0.610. The van der Waals surface area contributed by atoms with E-state index in [1.54, 1.807) is 10.6 Å². The number of nitrogens with zero attached hydrogens (tertiary/aromatic N) is 2. The Morgan fingerprint density at radius 3 is 2.67 bits per heavy atom. The van der Waals surface area contributed by atoms with Crippen molar-refractivity contribution in [1.82, 2.24) is 9.80 Å². The second-order valence-electron chi connectivity index (χ2n) is 3.84. The number of hydrogen-bond acceptors (Lipinski definition) is 3. The molecule has 2 nitrogen and oxygen atoms in total. The minimum absolute atomic E-state index is 0.685. The zero-order valence-corrected chi connectivity index (χ0v) is 8.82. The molecule has 3 heteroatoms. The fourth-order valence-corrected chi connectivity index (χ4v) is 2.84. The van der Waals surface area contributed by atoms with Gasteiger partial charge in [0.2, 0.25) is 0 Å². The maximum atomic E-state index is 2.52. The van der Waals surface area contributed by atoms with Crippen molar-refractivity contribution >= 4 is 11.8 Å². The molecule has 0 aliphatic carbocycles. The van der Waals surface area contributed by atoms with Crippen LogP contribution in [-0.4, -0.2) is 41.9 Å². The van der Waals surface area contributed by atoms with Crippen LogP contribution < -0.4 is 0 Å². The topological polar surface area (TPSA) is 6.48 Å². The first kappa shape index (κ1) is 8.45. The normalized spacial score (nSPS) is 24.5. The Labute approximate surface area is 78.6 Å². The number of rotatable bonds is 1. The van der Waals surface area contributed by atoms with Crippen LogP contribution in [-0.2, 0) is 0 Å². The van der Waals surface area contributed by atoms with Gasteiger partial charge in [0.25, 0.3) is 0 Å². The van der Waals surface area contributed by atoms with Crippen LogP contribution in [0.2, 0.25) is 0 Å². The zero-order chi connectivity index (χ0) is 8.72. The summed E-state index contributed by atoms with van der Waals surface area (Å²) in [5, 5.41) is 0. The average Bonchev–Trinajstić information content (AvgIpc) is 2.53. The lowest BCUT2D eigenvalue weighted by Crippen LogP contribution is -2.31. The molecule has 0 saturated carbocycles. The van der Waals surface area contributed by atoms with Crippen molar-refractivity contribution in [3.05, 3.63) is 10.6 Å². The Morgan fingerprint density at radius 2 is 2.08 bits per heavy atom. The van der Waals surface area contributed by atoms with Gasteiger partial charge < -0.3 is 4.90 Å². The molecule has 0 amide bonds. The summed E-state index contributed by atoms with van der Waals surface area (Å²) >= 11 is 2.01. The standard InChI is InChI=1S/C9H16N2S/c1-7(2)11-4-8-9(5-11)12-6-10(8)3/h7H,4-6H2,1-3H3. The molecule has 0 N–H and O–H groups in total. The molecule has 0 spiro atoms. The Hall–Kier alpha value is -0.150. The largest absolute Gasteiger partial charge is 0.367 e. The van der Waals surface area contributed by atoms with Gasteiger partial charge in [0.15, 0.2) is 0 Å². The highest BCUT2D eigenvalue weighted by molar-refractivity contribution is 8.03. The van der Waals surface area contributed by atoms with Gasteiger partial charge in [-0.05, 0) is 13.8 Å². The second-order valence-corrected chi connectivity index (χ2v) is 4.88. The maximum Gasteiger partial charge on any atom is 0.0678 e. The van der Waals surface area contributed by atoms with Crippen molar-refractivity contribution in [2.24, 2.45) is 0 Å². The number of likely N-dealkylation sites (N-methyl/N-ethyl adjacent to an activating group) is 1. The van der Waals surface area contributed by atoms with E-state index < -0.39 is 0 Å². The van der Waals surface area contributed by atoms with Gasteiger partial charge in [0.1, 0.15) is 0 Å². The highest BCUT2D eigenvalue weighted by atomic mass is 32.2. The first-order valence-electron chi connectivity index (χ1n) is 4.48. The molecule has 0 radical (unpaired) electrons. The first-order valence-corrected chi connectivity index (χ1v) is 5.47. The summed E-state index contributed by atoms with van der Waals surface area (Å²) in [6, 6.07) is 0.685. The predicted molar refractivity (Wildman–Crippen MR) is 54.0 cm³/mol. The Kier molecular flexibility index (Phi) is 2.09. The van der Waals surface area contributed by atoms with Crippen LogP contribution in [0.3, 0.4) is 0 Å². The highest BCUT2D eigenvalue weighted by Gasteiger charge is 2.30. The molecule has 68 valence electrons. The van der Waals surface area contributed by atoms with Crippen LogP contribution in [0.1, 0.15) is 13.8 Å². The Bertz CT molecular complexity index is 223. The van der Waals surface area contributed by atoms with Gasteiger partial charge in [-0.2, -0.15) is 0 Å². The third-order valence-corrected chi connectivity index (χ3v) is 3.87. The van der Waals surface area contributed by atoms with Crippen molar-refractivity contribution in [1.29, 1.82) is 0 Å². The van der Waals surface area contributed by atoms with Crippen LogP contribution in [0.15, 0.2) is 10.6 Å². The van der Waals surface area contributed by atoms with E-state index in [0.717, 1.165) is 12.4 Å². The molecule has 0 atom stereocenters. The summed E-state index contributed by atoms with van der Waals surface area (Å²) in [6.45, 7) is 6.89. The van der Waals surface area contributed by atoms with Crippen molar-refractivity contribution in [2.75, 3.05) is 26.0 Å². The van der Waals surface area contributed by atoms with Crippen LogP contribution in [0.5, 0.6) is 0 Å². The number of thioether (sulfide) groups is 1. The molecule has 0 saturated heterocycles. The van der Waals surface area contributed by atoms with Gasteiger partial charge in [-0.1, -0.05) is 0 Å². The van der Waals surface area contributed by atoms with E-state index >= 15 is 0 Å². The molecular weight excluding hydrogens is 168 g/mol. The molecule has 0 aromatic heterocycles. The highest BCUT2D eigenvalue weighted by Crippen LogP contribution is 2.36. The summed E-state index contributed by atoms with van der Waals surface area (Å²) in [5.41, 5.74) is 1.56. The average molecular weight is 184 g/mol. The molecular formula is C9H16N2S. The van der Waals surface area contributed by atoms with E-state index in [4.69, 9.17) is 0 Å². The lowest BCUT2D eigenvalue weighted by molar-refractivity contribution is 0.268. The molecule has 0 unspecified atom stereocenters. The lowest BCUT2D eigenvalue weighted by Gasteiger charge is -2.24. The molecule has 2 heterocycles. The third kappa shape index (κ3) is 1.25. The van der Waals surface area contributed by atoms with E-state index in [1.807, 2.05) is 11.8 Å². The molecule has 2 aliphatic heterocycles. The van der Waals surface area contributed by atoms with Crippen molar-refractivity contribution in [3.63, 3.8) is 0 Å². The SMILES string of the molecule is CC(C)N1CC2=C(C1)N(C)CS2. The van der Waals surface area contributed by atoms with E-state index in [9.17, 15) is 0 Å². The Balaban J connectivity index is 2.05. The summed E-state index contributed by atoms with van der Waals surface area (Å²) < 4.78 is 0. The minimum atomic E-state index is 0.685. The van der Waals surface area contributed by atoms with E-state index in [0.29, 0.717) is 6.04 Å². The van der Waals surface area contributed by atoms with Gasteiger partial charge >= 0.3 is 0 Å². The van der Waals surface area contributed by atoms with Gasteiger partial charge in [-0.25, -0.2) is 0 Å². The second kappa shape index (κ2) is 2.96. The van der Waals surface area contributed by atoms with Crippen molar-refractivity contribution in [2.45, 2.75) is 19.9 Å². The van der Waals surface area contributed by atoms with Crippen molar-refractivity contribution in [3.8, 4) is 0 Å². The molecule has 0 aromatic carbocycles. The van der Waals surface area contributed by atoms with E-state index in [2.05, 4.69) is 30.7 Å². The fraction of sp³-hybridized carbons (Fsp3) is 0.778. The summed E-state index contributed by atoms with van der Waals surface area (Å²) in [6.07, 6.45) is 0. The molecule has 0 fully saturated rings. The van der Waals surface area contributed by atoms with Crippen molar-refractivity contribution < 1.29 is 0 Å². The predicted octanol–water partition coefficient (Wildman–Crippen LogP) is 1.56. The maximum absolute atomic E-state index is 2.52. The zero-order valence-electron chi connectivity index (χ0n) is 8.00. The summed E-state index contributed by atoms with van der Waals surface area (Å²) in [5.74, 6) is 1.16. The van der Waals surface area contributed by atoms with Crippen LogP contribution >= 0.6 is 11.8 Å². The smallest absolute Gasteiger partial charge is 0.0678 e. The van der Waals surface area contributed by atoms with Gasteiger partial charge in [-0.3, -0.25) is 4.90 Å². The van der Waals surface area contributed by atoms with Crippen LogP contribution in [0, 0.1) is 0 Å². The number of hydrogen-bond donors (Lipinski definition) is 0. The fourth-order valence-electron chi connectivity index (χ4n) is 1.69. The molecule has 2 rings (SSSR count). The monoisotopic (exact) mass is 184 g/mol. The molecule has 0 aromatic rings. The first-order chi connectivity index (χ1) is 5.68. The molecule has 0 bridgehead atoms. The van der Waals surface area contributed by atoms with E-state index in [-0.39, 0.29) is 0 Å². The van der Waals surface area contributed by atoms with Crippen LogP contribution in [0.4, 0.5) is 0 Å². The van der Waals surface area contributed by atoms with Gasteiger partial charge in [0, 0.05) is 36.8 Å². The van der Waals surface area contributed by atoms with Crippen LogP contribution in [0.25, 0.3) is 0 Å². The lowest BCUT2D eigenvalue weighted by atomic mass is 10.3. The molecule has 2 aliphatic rings. The summed E-state index contributed by atoms with van der Waals surface area (Å²) in [7, 11) is 2.19. The van der Waals surface area contributed by atoms with E-state index in [1.165, 1.54) is 6.54 Å². The Morgan fingerprint density at radius 1 is 1.33 bits per heavy atom. The third-order valence-electron chi connectivity index (χ3n) is 2.64. The van der Waals surface area contributed by atoms with Gasteiger partial charge in [0.05, 0.1) is 5.88 Å².